The molecule has 0 aromatic rings. The van der Waals surface area contributed by atoms with Gasteiger partial charge in [-0.1, -0.05) is 19.3 Å². The molecule has 0 radical (unpaired) electrons. The molecule has 1 aliphatic heterocycles. The summed E-state index contributed by atoms with van der Waals surface area (Å²) in [5.41, 5.74) is 0.0932. The van der Waals surface area contributed by atoms with Gasteiger partial charge in [0.05, 0.1) is 5.41 Å². The molecule has 2 heteroatoms. The predicted octanol–water partition coefficient (Wildman–Crippen LogP) is 4.38. The van der Waals surface area contributed by atoms with Crippen LogP contribution in [0.25, 0.3) is 0 Å². The second-order valence-electron chi connectivity index (χ2n) is 9.45. The minimum Gasteiger partial charge on any atom is -0.339 e. The van der Waals surface area contributed by atoms with Crippen LogP contribution in [0.15, 0.2) is 0 Å². The van der Waals surface area contributed by atoms with Crippen molar-refractivity contribution in [1.82, 2.24) is 4.90 Å². The lowest BCUT2D eigenvalue weighted by Crippen LogP contribution is -2.55. The van der Waals surface area contributed by atoms with Gasteiger partial charge in [-0.2, -0.15) is 0 Å². The fraction of sp³-hybridized carbons (Fsp3) is 0.950. The van der Waals surface area contributed by atoms with Gasteiger partial charge in [-0.25, -0.2) is 0 Å². The first-order valence-electron chi connectivity index (χ1n) is 10.0. The van der Waals surface area contributed by atoms with E-state index in [1.807, 2.05) is 0 Å². The number of carbonyl (C=O) groups is 1. The van der Waals surface area contributed by atoms with Crippen molar-refractivity contribution in [3.05, 3.63) is 0 Å². The molecule has 5 saturated carbocycles. The van der Waals surface area contributed by atoms with Gasteiger partial charge in [-0.05, 0) is 81.5 Å². The first-order chi connectivity index (χ1) is 10.7. The zero-order valence-electron chi connectivity index (χ0n) is 13.9. The van der Waals surface area contributed by atoms with E-state index in [0.29, 0.717) is 11.9 Å². The number of hydrogen-bond acceptors (Lipinski definition) is 1. The summed E-state index contributed by atoms with van der Waals surface area (Å²) < 4.78 is 0. The fourth-order valence-corrected chi connectivity index (χ4v) is 7.51. The van der Waals surface area contributed by atoms with E-state index in [-0.39, 0.29) is 5.41 Å². The molecule has 1 amide bonds. The quantitative estimate of drug-likeness (QED) is 0.703. The Bertz CT molecular complexity index is 435. The van der Waals surface area contributed by atoms with E-state index in [2.05, 4.69) is 4.90 Å². The van der Waals surface area contributed by atoms with Crippen LogP contribution in [0.2, 0.25) is 0 Å². The molecule has 0 unspecified atom stereocenters. The molecule has 0 aromatic carbocycles. The van der Waals surface area contributed by atoms with Crippen molar-refractivity contribution < 1.29 is 4.79 Å². The van der Waals surface area contributed by atoms with Crippen molar-refractivity contribution in [3.8, 4) is 0 Å². The molecule has 0 N–H and O–H groups in total. The molecule has 6 aliphatic rings. The lowest BCUT2D eigenvalue weighted by atomic mass is 9.49. The average Bonchev–Trinajstić information content (AvgIpc) is 2.73. The Morgan fingerprint density at radius 2 is 1.45 bits per heavy atom. The Balaban J connectivity index is 1.40. The lowest BCUT2D eigenvalue weighted by Gasteiger charge is -2.56. The molecule has 0 spiro atoms. The third-order valence-electron chi connectivity index (χ3n) is 8.01. The highest BCUT2D eigenvalue weighted by Gasteiger charge is 2.56. The molecule has 122 valence electrons. The Hall–Kier alpha value is -0.530. The molecular formula is C20H31NO. The summed E-state index contributed by atoms with van der Waals surface area (Å²) in [5.74, 6) is 4.12. The van der Waals surface area contributed by atoms with E-state index in [1.54, 1.807) is 0 Å². The van der Waals surface area contributed by atoms with Gasteiger partial charge in [-0.3, -0.25) is 4.79 Å². The summed E-state index contributed by atoms with van der Waals surface area (Å²) in [4.78, 5) is 16.0. The van der Waals surface area contributed by atoms with Gasteiger partial charge >= 0.3 is 0 Å². The van der Waals surface area contributed by atoms with Gasteiger partial charge in [0.1, 0.15) is 0 Å². The van der Waals surface area contributed by atoms with Crippen molar-refractivity contribution in [1.29, 1.82) is 0 Å². The zero-order valence-corrected chi connectivity index (χ0v) is 13.9. The van der Waals surface area contributed by atoms with Crippen LogP contribution in [0.4, 0.5) is 0 Å². The monoisotopic (exact) mass is 301 g/mol. The van der Waals surface area contributed by atoms with Gasteiger partial charge in [-0.15, -0.1) is 0 Å². The molecule has 6 rings (SSSR count). The summed E-state index contributed by atoms with van der Waals surface area (Å²) in [7, 11) is 0. The van der Waals surface area contributed by atoms with Gasteiger partial charge in [0.25, 0.3) is 0 Å². The molecule has 4 bridgehead atoms. The Morgan fingerprint density at radius 3 is 2.14 bits per heavy atom. The number of carbonyl (C=O) groups excluding carboxylic acids is 1. The van der Waals surface area contributed by atoms with Crippen LogP contribution in [0.5, 0.6) is 0 Å². The molecule has 1 heterocycles. The number of hydrogen-bond donors (Lipinski definition) is 0. The number of fused-ring (bicyclic) bond motifs is 1. The fourth-order valence-electron chi connectivity index (χ4n) is 7.51. The highest BCUT2D eigenvalue weighted by molar-refractivity contribution is 5.84. The summed E-state index contributed by atoms with van der Waals surface area (Å²) in [5, 5.41) is 0. The van der Waals surface area contributed by atoms with Gasteiger partial charge in [0, 0.05) is 12.6 Å². The normalized spacial score (nSPS) is 50.0. The van der Waals surface area contributed by atoms with E-state index in [0.717, 1.165) is 30.2 Å². The second kappa shape index (κ2) is 4.98. The molecular weight excluding hydrogens is 270 g/mol. The first-order valence-corrected chi connectivity index (χ1v) is 10.0. The smallest absolute Gasteiger partial charge is 0.229 e. The number of amides is 1. The van der Waals surface area contributed by atoms with Crippen molar-refractivity contribution in [2.45, 2.75) is 83.1 Å². The molecule has 22 heavy (non-hydrogen) atoms. The summed E-state index contributed by atoms with van der Waals surface area (Å²) in [6, 6.07) is 0.614. The van der Waals surface area contributed by atoms with E-state index in [4.69, 9.17) is 0 Å². The van der Waals surface area contributed by atoms with Crippen molar-refractivity contribution in [3.63, 3.8) is 0 Å². The Morgan fingerprint density at radius 1 is 0.818 bits per heavy atom. The minimum atomic E-state index is 0.0932. The lowest BCUT2D eigenvalue weighted by molar-refractivity contribution is -0.159. The molecule has 6 fully saturated rings. The largest absolute Gasteiger partial charge is 0.339 e. The minimum absolute atomic E-state index is 0.0932. The van der Waals surface area contributed by atoms with E-state index < -0.39 is 0 Å². The van der Waals surface area contributed by atoms with Gasteiger partial charge in [0.15, 0.2) is 0 Å². The maximum absolute atomic E-state index is 13.6. The van der Waals surface area contributed by atoms with Crippen LogP contribution in [0, 0.1) is 29.1 Å². The zero-order chi connectivity index (χ0) is 14.7. The second-order valence-corrected chi connectivity index (χ2v) is 9.45. The predicted molar refractivity (Wildman–Crippen MR) is 87.3 cm³/mol. The molecule has 2 atom stereocenters. The van der Waals surface area contributed by atoms with Gasteiger partial charge < -0.3 is 4.90 Å². The van der Waals surface area contributed by atoms with Crippen LogP contribution in [-0.2, 0) is 4.79 Å². The van der Waals surface area contributed by atoms with Crippen LogP contribution >= 0.6 is 0 Å². The van der Waals surface area contributed by atoms with Crippen LogP contribution in [0.3, 0.4) is 0 Å². The van der Waals surface area contributed by atoms with Crippen LogP contribution in [0.1, 0.15) is 77.0 Å². The third-order valence-corrected chi connectivity index (χ3v) is 8.01. The summed E-state index contributed by atoms with van der Waals surface area (Å²) >= 11 is 0. The van der Waals surface area contributed by atoms with E-state index >= 15 is 0 Å². The van der Waals surface area contributed by atoms with Crippen LogP contribution in [-0.4, -0.2) is 23.4 Å². The van der Waals surface area contributed by atoms with Crippen molar-refractivity contribution in [2.24, 2.45) is 29.1 Å². The molecule has 0 aromatic heterocycles. The van der Waals surface area contributed by atoms with Gasteiger partial charge in [0.2, 0.25) is 5.91 Å². The van der Waals surface area contributed by atoms with E-state index in [9.17, 15) is 4.79 Å². The Kier molecular flexibility index (Phi) is 3.14. The van der Waals surface area contributed by atoms with Crippen molar-refractivity contribution >= 4 is 5.91 Å². The van der Waals surface area contributed by atoms with E-state index in [1.165, 1.54) is 77.0 Å². The topological polar surface area (TPSA) is 20.3 Å². The average molecular weight is 301 g/mol. The SMILES string of the molecule is O=C(N1CC[C@H]2CCCCC[C@H]21)C12CC3CC(CC(C3)C1)C2. The highest BCUT2D eigenvalue weighted by atomic mass is 16.2. The Labute approximate surface area is 135 Å². The molecule has 1 saturated heterocycles. The number of nitrogens with zero attached hydrogens (tertiary/aromatic N) is 1. The maximum Gasteiger partial charge on any atom is 0.229 e. The summed E-state index contributed by atoms with van der Waals surface area (Å²) in [6.07, 6.45) is 16.2. The highest BCUT2D eigenvalue weighted by Crippen LogP contribution is 2.61. The number of rotatable bonds is 1. The first kappa shape index (κ1) is 13.9. The standard InChI is InChI=1S/C20H31NO/c22-19(21-7-6-17-4-2-1-3-5-18(17)21)20-11-14-8-15(12-20)10-16(9-14)13-20/h14-18H,1-13H2/t14?,15?,16?,17-,18-,20?/m1/s1. The third kappa shape index (κ3) is 2.01. The molecule has 2 nitrogen and oxygen atoms in total. The summed E-state index contributed by atoms with van der Waals surface area (Å²) in [6.45, 7) is 1.08. The maximum atomic E-state index is 13.6. The van der Waals surface area contributed by atoms with Crippen LogP contribution < -0.4 is 0 Å². The van der Waals surface area contributed by atoms with Crippen molar-refractivity contribution in [2.75, 3.05) is 6.54 Å². The molecule has 5 aliphatic carbocycles. The number of likely N-dealkylation sites (tertiary alicyclic amines) is 1.